The summed E-state index contributed by atoms with van der Waals surface area (Å²) in [5.41, 5.74) is 2.89. The molecule has 1 aromatic heterocycles. The van der Waals surface area contributed by atoms with Gasteiger partial charge < -0.3 is 20.1 Å². The molecule has 3 rings (SSSR count). The predicted molar refractivity (Wildman–Crippen MR) is 109 cm³/mol. The van der Waals surface area contributed by atoms with Crippen molar-refractivity contribution in [1.29, 1.82) is 0 Å². The van der Waals surface area contributed by atoms with Crippen LogP contribution in [-0.4, -0.2) is 30.1 Å². The maximum atomic E-state index is 12.5. The molecule has 3 aromatic rings. The maximum absolute atomic E-state index is 12.5. The van der Waals surface area contributed by atoms with E-state index < -0.39 is 0 Å². The highest BCUT2D eigenvalue weighted by Crippen LogP contribution is 2.29. The van der Waals surface area contributed by atoms with Crippen LogP contribution in [0.25, 0.3) is 0 Å². The Balaban J connectivity index is 1.68. The van der Waals surface area contributed by atoms with E-state index >= 15 is 0 Å². The average molecular weight is 378 g/mol. The molecular weight excluding hydrogens is 356 g/mol. The molecule has 0 spiro atoms. The van der Waals surface area contributed by atoms with E-state index in [1.807, 2.05) is 12.1 Å². The van der Waals surface area contributed by atoms with Crippen molar-refractivity contribution >= 4 is 23.1 Å². The minimum atomic E-state index is -0.380. The molecule has 0 aliphatic carbocycles. The molecule has 0 saturated carbocycles. The second-order valence-electron chi connectivity index (χ2n) is 5.98. The van der Waals surface area contributed by atoms with Gasteiger partial charge >= 0.3 is 0 Å². The van der Waals surface area contributed by atoms with Gasteiger partial charge in [-0.25, -0.2) is 9.97 Å². The fourth-order valence-corrected chi connectivity index (χ4v) is 2.57. The zero-order chi connectivity index (χ0) is 19.9. The van der Waals surface area contributed by atoms with Crippen molar-refractivity contribution < 1.29 is 14.3 Å². The second kappa shape index (κ2) is 8.85. The standard InChI is InChI=1S/C21H22N4O3/c1-4-14-5-7-15(8-6-14)24-20-13-22-18(12-23-20)21(26)25-17-10-9-16(27-2)11-19(17)28-3/h5-13H,4H2,1-3H3,(H,23,24)(H,25,26). The van der Waals surface area contributed by atoms with Gasteiger partial charge in [-0.2, -0.15) is 0 Å². The third-order valence-corrected chi connectivity index (χ3v) is 4.18. The molecule has 28 heavy (non-hydrogen) atoms. The number of nitrogens with zero attached hydrogens (tertiary/aromatic N) is 2. The number of amides is 1. The Morgan fingerprint density at radius 2 is 1.79 bits per heavy atom. The molecule has 0 saturated heterocycles. The Kier molecular flexibility index (Phi) is 6.06. The van der Waals surface area contributed by atoms with Crippen LogP contribution in [0.2, 0.25) is 0 Å². The van der Waals surface area contributed by atoms with Gasteiger partial charge in [0.1, 0.15) is 23.0 Å². The van der Waals surface area contributed by atoms with E-state index in [0.29, 0.717) is 23.0 Å². The fraction of sp³-hybridized carbons (Fsp3) is 0.190. The number of ether oxygens (including phenoxy) is 2. The zero-order valence-electron chi connectivity index (χ0n) is 16.0. The highest BCUT2D eigenvalue weighted by Gasteiger charge is 2.12. The van der Waals surface area contributed by atoms with Crippen molar-refractivity contribution in [2.24, 2.45) is 0 Å². The lowest BCUT2D eigenvalue weighted by atomic mass is 10.1. The number of benzene rings is 2. The lowest BCUT2D eigenvalue weighted by molar-refractivity contribution is 0.102. The molecule has 2 aromatic carbocycles. The van der Waals surface area contributed by atoms with Crippen molar-refractivity contribution in [3.05, 3.63) is 66.1 Å². The number of rotatable bonds is 7. The van der Waals surface area contributed by atoms with E-state index in [-0.39, 0.29) is 11.6 Å². The van der Waals surface area contributed by atoms with Crippen molar-refractivity contribution in [2.75, 3.05) is 24.9 Å². The molecule has 0 fully saturated rings. The van der Waals surface area contributed by atoms with E-state index in [1.165, 1.54) is 25.1 Å². The van der Waals surface area contributed by atoms with Crippen LogP contribution in [0.3, 0.4) is 0 Å². The maximum Gasteiger partial charge on any atom is 0.275 e. The summed E-state index contributed by atoms with van der Waals surface area (Å²) in [7, 11) is 3.09. The van der Waals surface area contributed by atoms with E-state index in [1.54, 1.807) is 25.3 Å². The summed E-state index contributed by atoms with van der Waals surface area (Å²) in [6, 6.07) is 13.2. The zero-order valence-corrected chi connectivity index (χ0v) is 16.0. The lowest BCUT2D eigenvalue weighted by Gasteiger charge is -2.11. The summed E-state index contributed by atoms with van der Waals surface area (Å²) in [5, 5.41) is 5.93. The minimum absolute atomic E-state index is 0.199. The Morgan fingerprint density at radius 1 is 1.00 bits per heavy atom. The summed E-state index contributed by atoms with van der Waals surface area (Å²) < 4.78 is 10.4. The third-order valence-electron chi connectivity index (χ3n) is 4.18. The molecule has 0 atom stereocenters. The Morgan fingerprint density at radius 3 is 2.39 bits per heavy atom. The summed E-state index contributed by atoms with van der Waals surface area (Å²) in [5.74, 6) is 1.31. The van der Waals surface area contributed by atoms with Crippen LogP contribution in [0.15, 0.2) is 54.9 Å². The van der Waals surface area contributed by atoms with Crippen molar-refractivity contribution in [3.63, 3.8) is 0 Å². The number of aromatic nitrogens is 2. The topological polar surface area (TPSA) is 85.4 Å². The molecule has 144 valence electrons. The molecule has 0 bridgehead atoms. The molecule has 2 N–H and O–H groups in total. The molecule has 7 heteroatoms. The number of anilines is 3. The molecule has 1 amide bonds. The smallest absolute Gasteiger partial charge is 0.275 e. The van der Waals surface area contributed by atoms with Crippen LogP contribution in [0.1, 0.15) is 23.0 Å². The molecule has 7 nitrogen and oxygen atoms in total. The quantitative estimate of drug-likeness (QED) is 0.645. The largest absolute Gasteiger partial charge is 0.497 e. The van der Waals surface area contributed by atoms with Gasteiger partial charge in [-0.05, 0) is 36.2 Å². The molecule has 1 heterocycles. The van der Waals surface area contributed by atoms with Crippen molar-refractivity contribution in [2.45, 2.75) is 13.3 Å². The lowest BCUT2D eigenvalue weighted by Crippen LogP contribution is -2.15. The van der Waals surface area contributed by atoms with Crippen LogP contribution in [-0.2, 0) is 6.42 Å². The monoisotopic (exact) mass is 378 g/mol. The first-order valence-corrected chi connectivity index (χ1v) is 8.84. The first-order chi connectivity index (χ1) is 13.6. The first kappa shape index (κ1) is 19.2. The van der Waals surface area contributed by atoms with Gasteiger partial charge in [-0.3, -0.25) is 4.79 Å². The van der Waals surface area contributed by atoms with Gasteiger partial charge in [-0.1, -0.05) is 19.1 Å². The highest BCUT2D eigenvalue weighted by atomic mass is 16.5. The van der Waals surface area contributed by atoms with Crippen LogP contribution < -0.4 is 20.1 Å². The number of carbonyl (C=O) groups is 1. The molecular formula is C21H22N4O3. The van der Waals surface area contributed by atoms with Gasteiger partial charge in [0.05, 0.1) is 32.3 Å². The average Bonchev–Trinajstić information content (AvgIpc) is 2.75. The van der Waals surface area contributed by atoms with E-state index in [4.69, 9.17) is 9.47 Å². The molecule has 0 aliphatic heterocycles. The summed E-state index contributed by atoms with van der Waals surface area (Å²) >= 11 is 0. The molecule has 0 radical (unpaired) electrons. The SMILES string of the molecule is CCc1ccc(Nc2cnc(C(=O)Nc3ccc(OC)cc3OC)cn2)cc1. The number of carbonyl (C=O) groups excluding carboxylic acids is 1. The van der Waals surface area contributed by atoms with Crippen molar-refractivity contribution in [3.8, 4) is 11.5 Å². The number of hydrogen-bond acceptors (Lipinski definition) is 6. The third kappa shape index (κ3) is 4.56. The first-order valence-electron chi connectivity index (χ1n) is 8.84. The van der Waals surface area contributed by atoms with Gasteiger partial charge in [0.15, 0.2) is 0 Å². The molecule has 0 aliphatic rings. The van der Waals surface area contributed by atoms with Gasteiger partial charge in [-0.15, -0.1) is 0 Å². The van der Waals surface area contributed by atoms with Crippen LogP contribution in [0.4, 0.5) is 17.2 Å². The van der Waals surface area contributed by atoms with Crippen LogP contribution in [0.5, 0.6) is 11.5 Å². The number of nitrogens with one attached hydrogen (secondary N) is 2. The second-order valence-corrected chi connectivity index (χ2v) is 5.98. The number of methoxy groups -OCH3 is 2. The summed E-state index contributed by atoms with van der Waals surface area (Å²) in [6.45, 7) is 2.11. The van der Waals surface area contributed by atoms with Gasteiger partial charge in [0.25, 0.3) is 5.91 Å². The van der Waals surface area contributed by atoms with E-state index in [2.05, 4.69) is 39.7 Å². The fourth-order valence-electron chi connectivity index (χ4n) is 2.57. The summed E-state index contributed by atoms with van der Waals surface area (Å²) in [6.07, 6.45) is 3.94. The van der Waals surface area contributed by atoms with Gasteiger partial charge in [0.2, 0.25) is 0 Å². The Bertz CT molecular complexity index is 941. The van der Waals surface area contributed by atoms with Crippen molar-refractivity contribution in [1.82, 2.24) is 9.97 Å². The van der Waals surface area contributed by atoms with Crippen LogP contribution >= 0.6 is 0 Å². The number of hydrogen-bond donors (Lipinski definition) is 2. The molecule has 0 unspecified atom stereocenters. The van der Waals surface area contributed by atoms with Gasteiger partial charge in [0, 0.05) is 11.8 Å². The summed E-state index contributed by atoms with van der Waals surface area (Å²) in [4.78, 5) is 20.9. The predicted octanol–water partition coefficient (Wildman–Crippen LogP) is 4.05. The Labute approximate surface area is 163 Å². The number of aryl methyl sites for hydroxylation is 1. The Hall–Kier alpha value is -3.61. The minimum Gasteiger partial charge on any atom is -0.497 e. The van der Waals surface area contributed by atoms with E-state index in [9.17, 15) is 4.79 Å². The van der Waals surface area contributed by atoms with Crippen LogP contribution in [0, 0.1) is 0 Å². The van der Waals surface area contributed by atoms with E-state index in [0.717, 1.165) is 12.1 Å². The normalized spacial score (nSPS) is 10.2. The highest BCUT2D eigenvalue weighted by molar-refractivity contribution is 6.03.